The molecule has 0 saturated heterocycles. The van der Waals surface area contributed by atoms with Gasteiger partial charge < -0.3 is 14.2 Å². The van der Waals surface area contributed by atoms with Crippen LogP contribution in [-0.2, 0) is 19.1 Å². The van der Waals surface area contributed by atoms with Gasteiger partial charge in [-0.3, -0.25) is 10.1 Å². The first-order chi connectivity index (χ1) is 10.4. The number of rotatable bonds is 6. The molecule has 2 amide bonds. The summed E-state index contributed by atoms with van der Waals surface area (Å²) in [5.74, 6) is -1.77. The lowest BCUT2D eigenvalue weighted by molar-refractivity contribution is -0.154. The summed E-state index contributed by atoms with van der Waals surface area (Å²) >= 11 is 0. The van der Waals surface area contributed by atoms with Gasteiger partial charge in [-0.1, -0.05) is 0 Å². The summed E-state index contributed by atoms with van der Waals surface area (Å²) < 4.78 is 27.1. The highest BCUT2D eigenvalue weighted by Crippen LogP contribution is 2.13. The molecule has 0 saturated carbocycles. The number of ether oxygens (including phenoxy) is 3. The molecule has 0 aliphatic heterocycles. The Morgan fingerprint density at radius 1 is 1.18 bits per heavy atom. The van der Waals surface area contributed by atoms with Crippen LogP contribution >= 0.6 is 0 Å². The molecule has 1 rings (SSSR count). The van der Waals surface area contributed by atoms with E-state index in [0.717, 1.165) is 0 Å². The maximum Gasteiger partial charge on any atom is 0.413 e. The van der Waals surface area contributed by atoms with Crippen molar-refractivity contribution in [2.24, 2.45) is 0 Å². The van der Waals surface area contributed by atoms with E-state index >= 15 is 0 Å². The highest BCUT2D eigenvalue weighted by atomic mass is 19.1. The lowest BCUT2D eigenvalue weighted by Gasteiger charge is -2.13. The number of carbonyl (C=O) groups excluding carboxylic acids is 3. The second-order valence-electron chi connectivity index (χ2n) is 4.09. The molecule has 120 valence electrons. The lowest BCUT2D eigenvalue weighted by Crippen LogP contribution is -2.36. The molecule has 0 aliphatic rings. The fourth-order valence-corrected chi connectivity index (χ4v) is 1.34. The Bertz CT molecular complexity index is 531. The Hall–Kier alpha value is -2.64. The molecule has 0 aromatic heterocycles. The Kier molecular flexibility index (Phi) is 6.81. The standard InChI is InChI=1S/C14H16FNO6/c1-3-20-14(19)16-12(17)8-21-13(18)9(2)22-11-6-4-10(15)5-7-11/h4-7,9H,3,8H2,1-2H3,(H,16,17,19)/t9-/m1/s1. The summed E-state index contributed by atoms with van der Waals surface area (Å²) in [7, 11) is 0. The maximum atomic E-state index is 12.7. The molecule has 0 bridgehead atoms. The van der Waals surface area contributed by atoms with Gasteiger partial charge in [0.1, 0.15) is 11.6 Å². The molecule has 0 aliphatic carbocycles. The summed E-state index contributed by atoms with van der Waals surface area (Å²) in [6.07, 6.45) is -1.92. The SMILES string of the molecule is CCOC(=O)NC(=O)COC(=O)[C@@H](C)Oc1ccc(F)cc1. The third-order valence-electron chi connectivity index (χ3n) is 2.32. The van der Waals surface area contributed by atoms with E-state index in [1.54, 1.807) is 6.92 Å². The number of carbonyl (C=O) groups is 3. The average Bonchev–Trinajstić information content (AvgIpc) is 2.47. The zero-order valence-corrected chi connectivity index (χ0v) is 12.1. The first-order valence-corrected chi connectivity index (χ1v) is 6.47. The number of halogens is 1. The van der Waals surface area contributed by atoms with E-state index in [-0.39, 0.29) is 12.4 Å². The number of esters is 1. The smallest absolute Gasteiger partial charge is 0.413 e. The Morgan fingerprint density at radius 3 is 2.41 bits per heavy atom. The summed E-state index contributed by atoms with van der Waals surface area (Å²) in [4.78, 5) is 33.8. The fraction of sp³-hybridized carbons (Fsp3) is 0.357. The lowest BCUT2D eigenvalue weighted by atomic mass is 10.3. The van der Waals surface area contributed by atoms with Gasteiger partial charge in [0.2, 0.25) is 0 Å². The number of hydrogen-bond acceptors (Lipinski definition) is 6. The second-order valence-corrected chi connectivity index (χ2v) is 4.09. The maximum absolute atomic E-state index is 12.7. The van der Waals surface area contributed by atoms with E-state index in [1.807, 2.05) is 5.32 Å². The Labute approximate surface area is 126 Å². The molecule has 22 heavy (non-hydrogen) atoms. The van der Waals surface area contributed by atoms with Crippen molar-refractivity contribution in [1.82, 2.24) is 5.32 Å². The number of hydrogen-bond donors (Lipinski definition) is 1. The highest BCUT2D eigenvalue weighted by Gasteiger charge is 2.18. The van der Waals surface area contributed by atoms with Gasteiger partial charge in [-0.05, 0) is 38.1 Å². The van der Waals surface area contributed by atoms with Crippen molar-refractivity contribution >= 4 is 18.0 Å². The van der Waals surface area contributed by atoms with Crippen molar-refractivity contribution in [3.05, 3.63) is 30.1 Å². The summed E-state index contributed by atoms with van der Waals surface area (Å²) in [6.45, 7) is 2.46. The highest BCUT2D eigenvalue weighted by molar-refractivity contribution is 5.93. The number of benzene rings is 1. The fourth-order valence-electron chi connectivity index (χ4n) is 1.34. The molecule has 0 unspecified atom stereocenters. The van der Waals surface area contributed by atoms with Crippen LogP contribution < -0.4 is 10.1 Å². The van der Waals surface area contributed by atoms with Gasteiger partial charge in [0.15, 0.2) is 12.7 Å². The van der Waals surface area contributed by atoms with Crippen LogP contribution in [0.25, 0.3) is 0 Å². The topological polar surface area (TPSA) is 90.9 Å². The number of imide groups is 1. The van der Waals surface area contributed by atoms with Crippen LogP contribution in [0.2, 0.25) is 0 Å². The monoisotopic (exact) mass is 313 g/mol. The van der Waals surface area contributed by atoms with Crippen molar-refractivity contribution in [1.29, 1.82) is 0 Å². The first-order valence-electron chi connectivity index (χ1n) is 6.47. The minimum Gasteiger partial charge on any atom is -0.479 e. The van der Waals surface area contributed by atoms with Crippen molar-refractivity contribution in [3.8, 4) is 5.75 Å². The van der Waals surface area contributed by atoms with Crippen molar-refractivity contribution in [2.45, 2.75) is 20.0 Å². The molecule has 8 heteroatoms. The van der Waals surface area contributed by atoms with Gasteiger partial charge in [0.25, 0.3) is 5.91 Å². The Morgan fingerprint density at radius 2 is 1.82 bits per heavy atom. The van der Waals surface area contributed by atoms with Gasteiger partial charge in [-0.25, -0.2) is 14.0 Å². The van der Waals surface area contributed by atoms with Gasteiger partial charge in [-0.15, -0.1) is 0 Å². The quantitative estimate of drug-likeness (QED) is 0.799. The molecule has 7 nitrogen and oxygen atoms in total. The zero-order valence-electron chi connectivity index (χ0n) is 12.1. The molecule has 0 radical (unpaired) electrons. The van der Waals surface area contributed by atoms with E-state index in [1.165, 1.54) is 31.2 Å². The summed E-state index contributed by atoms with van der Waals surface area (Å²) in [6, 6.07) is 5.07. The van der Waals surface area contributed by atoms with Crippen molar-refractivity contribution < 1.29 is 33.0 Å². The summed E-state index contributed by atoms with van der Waals surface area (Å²) in [5, 5.41) is 1.87. The molecule has 1 aromatic carbocycles. The molecular weight excluding hydrogens is 297 g/mol. The Balaban J connectivity index is 2.36. The molecule has 1 atom stereocenters. The largest absolute Gasteiger partial charge is 0.479 e. The van der Waals surface area contributed by atoms with Gasteiger partial charge in [-0.2, -0.15) is 0 Å². The average molecular weight is 313 g/mol. The molecule has 1 aromatic rings. The molecule has 1 N–H and O–H groups in total. The molecule has 0 spiro atoms. The number of amides is 2. The molecule has 0 heterocycles. The minimum atomic E-state index is -0.999. The third-order valence-corrected chi connectivity index (χ3v) is 2.32. The van der Waals surface area contributed by atoms with E-state index in [0.29, 0.717) is 0 Å². The van der Waals surface area contributed by atoms with Crippen LogP contribution in [0.3, 0.4) is 0 Å². The minimum absolute atomic E-state index is 0.113. The predicted molar refractivity (Wildman–Crippen MR) is 72.6 cm³/mol. The van der Waals surface area contributed by atoms with Crippen molar-refractivity contribution in [2.75, 3.05) is 13.2 Å². The van der Waals surface area contributed by atoms with E-state index < -0.39 is 36.5 Å². The summed E-state index contributed by atoms with van der Waals surface area (Å²) in [5.41, 5.74) is 0. The third kappa shape index (κ3) is 6.21. The van der Waals surface area contributed by atoms with Crippen LogP contribution in [0.5, 0.6) is 5.75 Å². The van der Waals surface area contributed by atoms with Gasteiger partial charge in [0, 0.05) is 0 Å². The van der Waals surface area contributed by atoms with Crippen LogP contribution in [0.15, 0.2) is 24.3 Å². The number of nitrogens with one attached hydrogen (secondary N) is 1. The van der Waals surface area contributed by atoms with Gasteiger partial charge in [0.05, 0.1) is 6.61 Å². The van der Waals surface area contributed by atoms with Crippen LogP contribution in [0.4, 0.5) is 9.18 Å². The van der Waals surface area contributed by atoms with E-state index in [4.69, 9.17) is 4.74 Å². The van der Waals surface area contributed by atoms with Crippen LogP contribution in [-0.4, -0.2) is 37.3 Å². The second kappa shape index (κ2) is 8.60. The van der Waals surface area contributed by atoms with Gasteiger partial charge >= 0.3 is 12.1 Å². The van der Waals surface area contributed by atoms with Crippen molar-refractivity contribution in [3.63, 3.8) is 0 Å². The van der Waals surface area contributed by atoms with Crippen LogP contribution in [0.1, 0.15) is 13.8 Å². The molecular formula is C14H16FNO6. The van der Waals surface area contributed by atoms with E-state index in [9.17, 15) is 18.8 Å². The number of alkyl carbamates (subject to hydrolysis) is 1. The molecule has 0 fully saturated rings. The normalized spacial score (nSPS) is 11.2. The zero-order chi connectivity index (χ0) is 16.5. The first kappa shape index (κ1) is 17.4. The van der Waals surface area contributed by atoms with Crippen LogP contribution in [0, 0.1) is 5.82 Å². The van der Waals surface area contributed by atoms with E-state index in [2.05, 4.69) is 9.47 Å². The predicted octanol–water partition coefficient (Wildman–Crippen LogP) is 1.41.